The van der Waals surface area contributed by atoms with Gasteiger partial charge in [-0.2, -0.15) is 0 Å². The van der Waals surface area contributed by atoms with Gasteiger partial charge in [0.25, 0.3) is 0 Å². The van der Waals surface area contributed by atoms with Gasteiger partial charge in [0, 0.05) is 26.2 Å². The molecule has 0 unspecified atom stereocenters. The summed E-state index contributed by atoms with van der Waals surface area (Å²) in [6.07, 6.45) is 2.99. The van der Waals surface area contributed by atoms with E-state index in [0.29, 0.717) is 18.2 Å². The highest BCUT2D eigenvalue weighted by Crippen LogP contribution is 2.24. The van der Waals surface area contributed by atoms with Crippen molar-refractivity contribution < 1.29 is 9.53 Å². The Balaban J connectivity index is 1.99. The molecule has 0 atom stereocenters. The molecule has 1 fully saturated rings. The van der Waals surface area contributed by atoms with Crippen LogP contribution in [0.15, 0.2) is 12.4 Å². The zero-order chi connectivity index (χ0) is 17.3. The van der Waals surface area contributed by atoms with Crippen molar-refractivity contribution in [1.82, 2.24) is 19.8 Å². The summed E-state index contributed by atoms with van der Waals surface area (Å²) in [5, 5.41) is 0.392. The van der Waals surface area contributed by atoms with Crippen LogP contribution in [0, 0.1) is 0 Å². The molecule has 0 saturated carbocycles. The molecule has 2 rings (SSSR count). The Labute approximate surface area is 142 Å². The minimum atomic E-state index is -0.483. The Hall–Kier alpha value is -1.40. The van der Waals surface area contributed by atoms with Gasteiger partial charge in [-0.05, 0) is 34.6 Å². The minimum absolute atomic E-state index is 0.256. The second-order valence-corrected chi connectivity index (χ2v) is 7.87. The lowest BCUT2D eigenvalue weighted by Gasteiger charge is -2.46. The molecule has 1 amide bonds. The fourth-order valence-electron chi connectivity index (χ4n) is 2.70. The normalized spacial score (nSPS) is 18.8. The molecule has 1 saturated heterocycles. The van der Waals surface area contributed by atoms with Crippen LogP contribution in [-0.2, 0) is 11.3 Å². The fourth-order valence-corrected chi connectivity index (χ4v) is 2.79. The number of amides is 1. The molecular formula is C16H25ClN4O2. The van der Waals surface area contributed by atoms with E-state index in [0.717, 1.165) is 18.8 Å². The third-order valence-corrected chi connectivity index (χ3v) is 3.85. The van der Waals surface area contributed by atoms with E-state index in [2.05, 4.69) is 28.7 Å². The molecule has 0 radical (unpaired) electrons. The summed E-state index contributed by atoms with van der Waals surface area (Å²) in [7, 11) is 0. The standard InChI is InChI=1S/C16H25ClN4O2/c1-15(2,3)23-14(22)21-7-6-20(11-16(21,4)5)10-12-8-19-13(17)9-18-12/h8-9H,6-7,10-11H2,1-5H3. The topological polar surface area (TPSA) is 58.6 Å². The quantitative estimate of drug-likeness (QED) is 0.828. The van der Waals surface area contributed by atoms with Crippen molar-refractivity contribution in [2.75, 3.05) is 19.6 Å². The number of hydrogen-bond acceptors (Lipinski definition) is 5. The van der Waals surface area contributed by atoms with Crippen LogP contribution in [0.5, 0.6) is 0 Å². The van der Waals surface area contributed by atoms with Crippen molar-refractivity contribution in [3.05, 3.63) is 23.2 Å². The molecule has 0 aromatic carbocycles. The van der Waals surface area contributed by atoms with Crippen molar-refractivity contribution in [1.29, 1.82) is 0 Å². The summed E-state index contributed by atoms with van der Waals surface area (Å²) in [5.74, 6) is 0. The molecule has 1 aromatic rings. The SMILES string of the molecule is CC(C)(C)OC(=O)N1CCN(Cc2cnc(Cl)cn2)CC1(C)C. The first-order valence-corrected chi connectivity index (χ1v) is 8.14. The van der Waals surface area contributed by atoms with Crippen molar-refractivity contribution in [3.8, 4) is 0 Å². The van der Waals surface area contributed by atoms with E-state index in [1.54, 1.807) is 12.4 Å². The number of aromatic nitrogens is 2. The largest absolute Gasteiger partial charge is 0.444 e. The summed E-state index contributed by atoms with van der Waals surface area (Å²) in [4.78, 5) is 24.8. The van der Waals surface area contributed by atoms with E-state index in [1.807, 2.05) is 25.7 Å². The summed E-state index contributed by atoms with van der Waals surface area (Å²) in [6.45, 7) is 12.6. The van der Waals surface area contributed by atoms with Crippen LogP contribution in [0.3, 0.4) is 0 Å². The van der Waals surface area contributed by atoms with E-state index in [-0.39, 0.29) is 11.6 Å². The number of hydrogen-bond donors (Lipinski definition) is 0. The highest BCUT2D eigenvalue weighted by atomic mass is 35.5. The van der Waals surface area contributed by atoms with Gasteiger partial charge < -0.3 is 9.64 Å². The average molecular weight is 341 g/mol. The van der Waals surface area contributed by atoms with Crippen LogP contribution in [0.25, 0.3) is 0 Å². The number of ether oxygens (including phenoxy) is 1. The van der Waals surface area contributed by atoms with Gasteiger partial charge in [0.2, 0.25) is 0 Å². The first-order valence-electron chi connectivity index (χ1n) is 7.76. The maximum atomic E-state index is 12.4. The van der Waals surface area contributed by atoms with Crippen LogP contribution >= 0.6 is 11.6 Å². The third kappa shape index (κ3) is 5.04. The van der Waals surface area contributed by atoms with Gasteiger partial charge in [-0.15, -0.1) is 0 Å². The van der Waals surface area contributed by atoms with Gasteiger partial charge in [0.1, 0.15) is 10.8 Å². The van der Waals surface area contributed by atoms with Crippen molar-refractivity contribution in [2.45, 2.75) is 52.3 Å². The minimum Gasteiger partial charge on any atom is -0.444 e. The molecular weight excluding hydrogens is 316 g/mol. The van der Waals surface area contributed by atoms with Gasteiger partial charge in [0.15, 0.2) is 0 Å². The lowest BCUT2D eigenvalue weighted by molar-refractivity contribution is -0.0245. The van der Waals surface area contributed by atoms with Crippen LogP contribution in [0.4, 0.5) is 4.79 Å². The number of rotatable bonds is 2. The van der Waals surface area contributed by atoms with Gasteiger partial charge >= 0.3 is 6.09 Å². The Morgan fingerprint density at radius 2 is 2.00 bits per heavy atom. The predicted molar refractivity (Wildman–Crippen MR) is 89.3 cm³/mol. The Morgan fingerprint density at radius 3 is 2.52 bits per heavy atom. The van der Waals surface area contributed by atoms with Crippen LogP contribution < -0.4 is 0 Å². The summed E-state index contributed by atoms with van der Waals surface area (Å²) >= 11 is 5.76. The fraction of sp³-hybridized carbons (Fsp3) is 0.688. The van der Waals surface area contributed by atoms with E-state index in [4.69, 9.17) is 16.3 Å². The highest BCUT2D eigenvalue weighted by molar-refractivity contribution is 6.29. The molecule has 0 spiro atoms. The highest BCUT2D eigenvalue weighted by Gasteiger charge is 2.38. The Morgan fingerprint density at radius 1 is 1.30 bits per heavy atom. The molecule has 6 nitrogen and oxygen atoms in total. The number of carbonyl (C=O) groups excluding carboxylic acids is 1. The number of halogens is 1. The first-order chi connectivity index (χ1) is 10.6. The molecule has 1 aromatic heterocycles. The smallest absolute Gasteiger partial charge is 0.410 e. The molecule has 23 heavy (non-hydrogen) atoms. The summed E-state index contributed by atoms with van der Waals surface area (Å²) in [6, 6.07) is 0. The van der Waals surface area contributed by atoms with E-state index >= 15 is 0 Å². The van der Waals surface area contributed by atoms with Crippen molar-refractivity contribution in [2.24, 2.45) is 0 Å². The molecule has 2 heterocycles. The van der Waals surface area contributed by atoms with Crippen LogP contribution in [0.2, 0.25) is 5.15 Å². The maximum absolute atomic E-state index is 12.4. The number of carbonyl (C=O) groups is 1. The molecule has 1 aliphatic rings. The third-order valence-electron chi connectivity index (χ3n) is 3.65. The van der Waals surface area contributed by atoms with E-state index in [1.165, 1.54) is 0 Å². The Bertz CT molecular complexity index is 554. The first kappa shape index (κ1) is 17.9. The number of piperazine rings is 1. The van der Waals surface area contributed by atoms with Gasteiger partial charge in [-0.25, -0.2) is 9.78 Å². The lowest BCUT2D eigenvalue weighted by atomic mass is 9.99. The number of nitrogens with zero attached hydrogens (tertiary/aromatic N) is 4. The monoisotopic (exact) mass is 340 g/mol. The molecule has 1 aliphatic heterocycles. The van der Waals surface area contributed by atoms with Gasteiger partial charge in [-0.1, -0.05) is 11.6 Å². The zero-order valence-corrected chi connectivity index (χ0v) is 15.2. The molecule has 0 N–H and O–H groups in total. The molecule has 7 heteroatoms. The van der Waals surface area contributed by atoms with Crippen LogP contribution in [-0.4, -0.2) is 56.6 Å². The summed E-state index contributed by atoms with van der Waals surface area (Å²) in [5.41, 5.74) is 0.0832. The van der Waals surface area contributed by atoms with Crippen molar-refractivity contribution in [3.63, 3.8) is 0 Å². The predicted octanol–water partition coefficient (Wildman–Crippen LogP) is 2.96. The maximum Gasteiger partial charge on any atom is 0.410 e. The van der Waals surface area contributed by atoms with Gasteiger partial charge in [-0.3, -0.25) is 9.88 Å². The average Bonchev–Trinajstić information content (AvgIpc) is 2.38. The molecule has 0 bridgehead atoms. The summed E-state index contributed by atoms with van der Waals surface area (Å²) < 4.78 is 5.51. The molecule has 128 valence electrons. The molecule has 0 aliphatic carbocycles. The second-order valence-electron chi connectivity index (χ2n) is 7.49. The Kier molecular flexibility index (Phi) is 5.16. The van der Waals surface area contributed by atoms with Gasteiger partial charge in [0.05, 0.1) is 23.6 Å². The second kappa shape index (κ2) is 6.61. The lowest BCUT2D eigenvalue weighted by Crippen LogP contribution is -2.61. The zero-order valence-electron chi connectivity index (χ0n) is 14.5. The van der Waals surface area contributed by atoms with E-state index < -0.39 is 5.60 Å². The van der Waals surface area contributed by atoms with Crippen molar-refractivity contribution >= 4 is 17.7 Å². The van der Waals surface area contributed by atoms with E-state index in [9.17, 15) is 4.79 Å². The van der Waals surface area contributed by atoms with Crippen LogP contribution in [0.1, 0.15) is 40.3 Å².